The van der Waals surface area contributed by atoms with E-state index in [-0.39, 0.29) is 23.7 Å². The van der Waals surface area contributed by atoms with E-state index in [4.69, 9.17) is 5.11 Å². The Bertz CT molecular complexity index is 475. The molecule has 1 heterocycles. The van der Waals surface area contributed by atoms with Crippen LogP contribution in [0.2, 0.25) is 0 Å². The van der Waals surface area contributed by atoms with Crippen LogP contribution in [-0.2, 0) is 9.59 Å². The molecule has 1 fully saturated rings. The maximum atomic E-state index is 12.3. The molecule has 0 radical (unpaired) electrons. The van der Waals surface area contributed by atoms with Crippen LogP contribution < -0.4 is 0 Å². The lowest BCUT2D eigenvalue weighted by Crippen LogP contribution is -2.37. The minimum Gasteiger partial charge on any atom is -0.481 e. The molecule has 1 N–H and O–H groups in total. The first-order chi connectivity index (χ1) is 9.00. The molecule has 19 heavy (non-hydrogen) atoms. The van der Waals surface area contributed by atoms with Gasteiger partial charge < -0.3 is 10.0 Å². The highest BCUT2D eigenvalue weighted by atomic mass is 32.2. The summed E-state index contributed by atoms with van der Waals surface area (Å²) in [6, 6.07) is 9.81. The smallest absolute Gasteiger partial charge is 0.305 e. The van der Waals surface area contributed by atoms with Crippen LogP contribution in [0.5, 0.6) is 0 Å². The zero-order chi connectivity index (χ0) is 14.0. The molecule has 1 saturated heterocycles. The van der Waals surface area contributed by atoms with Crippen LogP contribution in [0.3, 0.4) is 0 Å². The van der Waals surface area contributed by atoms with E-state index in [9.17, 15) is 9.59 Å². The number of nitrogens with zero attached hydrogens (tertiary/aromatic N) is 1. The molecule has 0 aliphatic carbocycles. The number of thioether (sulfide) groups is 1. The molecule has 0 bridgehead atoms. The van der Waals surface area contributed by atoms with Crippen molar-refractivity contribution in [3.8, 4) is 0 Å². The molecular weight excluding hydrogens is 262 g/mol. The van der Waals surface area contributed by atoms with Gasteiger partial charge in [0, 0.05) is 6.04 Å². The van der Waals surface area contributed by atoms with E-state index in [1.54, 1.807) is 4.90 Å². The maximum Gasteiger partial charge on any atom is 0.305 e. The molecule has 2 unspecified atom stereocenters. The Hall–Kier alpha value is -1.49. The molecule has 2 atom stereocenters. The van der Waals surface area contributed by atoms with Gasteiger partial charge in [0.05, 0.1) is 11.7 Å². The van der Waals surface area contributed by atoms with E-state index in [2.05, 4.69) is 0 Å². The van der Waals surface area contributed by atoms with Gasteiger partial charge in [-0.2, -0.15) is 0 Å². The van der Waals surface area contributed by atoms with Crippen molar-refractivity contribution >= 4 is 23.6 Å². The second kappa shape index (κ2) is 5.65. The predicted octanol–water partition coefficient (Wildman–Crippen LogP) is 2.51. The fourth-order valence-corrected chi connectivity index (χ4v) is 3.82. The Morgan fingerprint density at radius 1 is 1.37 bits per heavy atom. The highest BCUT2D eigenvalue weighted by Gasteiger charge is 2.42. The highest BCUT2D eigenvalue weighted by Crippen LogP contribution is 2.45. The quantitative estimate of drug-likeness (QED) is 0.920. The van der Waals surface area contributed by atoms with Crippen molar-refractivity contribution in [3.63, 3.8) is 0 Å². The van der Waals surface area contributed by atoms with Gasteiger partial charge in [-0.1, -0.05) is 30.3 Å². The zero-order valence-electron chi connectivity index (χ0n) is 10.9. The Morgan fingerprint density at radius 3 is 2.53 bits per heavy atom. The number of hydrogen-bond acceptors (Lipinski definition) is 3. The third-order valence-electron chi connectivity index (χ3n) is 3.08. The minimum atomic E-state index is -0.928. The SMILES string of the molecule is CC(C)N1C(=O)C(CC(=O)O)SC1c1ccccc1. The predicted molar refractivity (Wildman–Crippen MR) is 74.8 cm³/mol. The lowest BCUT2D eigenvalue weighted by Gasteiger charge is -2.27. The summed E-state index contributed by atoms with van der Waals surface area (Å²) in [6.45, 7) is 3.91. The van der Waals surface area contributed by atoms with Crippen LogP contribution in [0.4, 0.5) is 0 Å². The number of hydrogen-bond donors (Lipinski definition) is 1. The second-order valence-corrected chi connectivity index (χ2v) is 6.11. The first-order valence-electron chi connectivity index (χ1n) is 6.25. The summed E-state index contributed by atoms with van der Waals surface area (Å²) in [6.07, 6.45) is -0.115. The van der Waals surface area contributed by atoms with Crippen molar-refractivity contribution in [2.45, 2.75) is 36.9 Å². The normalized spacial score (nSPS) is 23.1. The number of carboxylic acids is 1. The molecule has 1 aromatic rings. The molecule has 2 rings (SSSR count). The van der Waals surface area contributed by atoms with Gasteiger partial charge in [-0.05, 0) is 19.4 Å². The third kappa shape index (κ3) is 2.92. The Morgan fingerprint density at radius 2 is 2.00 bits per heavy atom. The van der Waals surface area contributed by atoms with Crippen LogP contribution in [0, 0.1) is 0 Å². The topological polar surface area (TPSA) is 57.6 Å². The Kier molecular flexibility index (Phi) is 4.14. The fourth-order valence-electron chi connectivity index (χ4n) is 2.24. The fraction of sp³-hybridized carbons (Fsp3) is 0.429. The van der Waals surface area contributed by atoms with E-state index in [1.807, 2.05) is 44.2 Å². The van der Waals surface area contributed by atoms with Gasteiger partial charge in [0.25, 0.3) is 0 Å². The molecule has 1 aliphatic heterocycles. The number of amides is 1. The third-order valence-corrected chi connectivity index (χ3v) is 4.53. The number of carbonyl (C=O) groups is 2. The van der Waals surface area contributed by atoms with Crippen molar-refractivity contribution in [3.05, 3.63) is 35.9 Å². The zero-order valence-corrected chi connectivity index (χ0v) is 11.8. The summed E-state index contributed by atoms with van der Waals surface area (Å²) in [5.74, 6) is -1.00. The monoisotopic (exact) mass is 279 g/mol. The van der Waals surface area contributed by atoms with Crippen molar-refractivity contribution in [1.82, 2.24) is 4.90 Å². The molecule has 1 amide bonds. The van der Waals surface area contributed by atoms with E-state index < -0.39 is 11.2 Å². The summed E-state index contributed by atoms with van der Waals surface area (Å²) < 4.78 is 0. The number of carboxylic acid groups (broad SMARTS) is 1. The maximum absolute atomic E-state index is 12.3. The minimum absolute atomic E-state index is 0.0593. The largest absolute Gasteiger partial charge is 0.481 e. The van der Waals surface area contributed by atoms with Gasteiger partial charge >= 0.3 is 5.97 Å². The molecule has 102 valence electrons. The molecule has 1 aromatic carbocycles. The van der Waals surface area contributed by atoms with E-state index in [0.717, 1.165) is 5.56 Å². The Labute approximate surface area is 116 Å². The van der Waals surface area contributed by atoms with Crippen molar-refractivity contribution < 1.29 is 14.7 Å². The number of benzene rings is 1. The van der Waals surface area contributed by atoms with Crippen LogP contribution in [-0.4, -0.2) is 33.2 Å². The van der Waals surface area contributed by atoms with Crippen LogP contribution in [0.15, 0.2) is 30.3 Å². The van der Waals surface area contributed by atoms with Gasteiger partial charge in [0.2, 0.25) is 5.91 Å². The summed E-state index contributed by atoms with van der Waals surface area (Å²) in [4.78, 5) is 24.9. The van der Waals surface area contributed by atoms with Gasteiger partial charge in [-0.15, -0.1) is 11.8 Å². The summed E-state index contributed by atoms with van der Waals surface area (Å²) in [5.41, 5.74) is 1.04. The molecular formula is C14H17NO3S. The average Bonchev–Trinajstić information content (AvgIpc) is 2.67. The van der Waals surface area contributed by atoms with Crippen molar-refractivity contribution in [2.75, 3.05) is 0 Å². The Balaban J connectivity index is 2.27. The van der Waals surface area contributed by atoms with Crippen molar-refractivity contribution in [1.29, 1.82) is 0 Å². The van der Waals surface area contributed by atoms with Gasteiger partial charge in [-0.25, -0.2) is 0 Å². The van der Waals surface area contributed by atoms with E-state index in [0.29, 0.717) is 0 Å². The van der Waals surface area contributed by atoms with Gasteiger partial charge in [0.1, 0.15) is 5.37 Å². The summed E-state index contributed by atoms with van der Waals surface area (Å²) in [5, 5.41) is 8.32. The number of rotatable bonds is 4. The molecule has 5 heteroatoms. The standard InChI is InChI=1S/C14H17NO3S/c1-9(2)15-13(18)11(8-12(16)17)19-14(15)10-6-4-3-5-7-10/h3-7,9,11,14H,8H2,1-2H3,(H,16,17). The number of carbonyl (C=O) groups excluding carboxylic acids is 1. The highest BCUT2D eigenvalue weighted by molar-refractivity contribution is 8.01. The second-order valence-electron chi connectivity index (χ2n) is 4.82. The lowest BCUT2D eigenvalue weighted by molar-refractivity contribution is -0.140. The lowest BCUT2D eigenvalue weighted by atomic mass is 10.1. The average molecular weight is 279 g/mol. The first kappa shape index (κ1) is 13.9. The van der Waals surface area contributed by atoms with Crippen LogP contribution in [0.1, 0.15) is 31.2 Å². The summed E-state index contributed by atoms with van der Waals surface area (Å²) in [7, 11) is 0. The molecule has 0 saturated carbocycles. The van der Waals surface area contributed by atoms with Gasteiger partial charge in [0.15, 0.2) is 0 Å². The van der Waals surface area contributed by atoms with E-state index >= 15 is 0 Å². The molecule has 1 aliphatic rings. The molecule has 0 aromatic heterocycles. The van der Waals surface area contributed by atoms with Crippen molar-refractivity contribution in [2.24, 2.45) is 0 Å². The first-order valence-corrected chi connectivity index (χ1v) is 7.19. The van der Waals surface area contributed by atoms with Crippen LogP contribution >= 0.6 is 11.8 Å². The molecule has 4 nitrogen and oxygen atoms in total. The summed E-state index contributed by atoms with van der Waals surface area (Å²) >= 11 is 1.43. The number of aliphatic carboxylic acids is 1. The van der Waals surface area contributed by atoms with E-state index in [1.165, 1.54) is 11.8 Å². The molecule has 0 spiro atoms. The van der Waals surface area contributed by atoms with Gasteiger partial charge in [-0.3, -0.25) is 9.59 Å². The van der Waals surface area contributed by atoms with Crippen LogP contribution in [0.25, 0.3) is 0 Å².